The van der Waals surface area contributed by atoms with Gasteiger partial charge in [-0.3, -0.25) is 0 Å². The van der Waals surface area contributed by atoms with Gasteiger partial charge in [0.25, 0.3) is 0 Å². The Morgan fingerprint density at radius 1 is 1.08 bits per heavy atom. The van der Waals surface area contributed by atoms with Gasteiger partial charge in [-0.25, -0.2) is 0 Å². The molecule has 0 aromatic heterocycles. The summed E-state index contributed by atoms with van der Waals surface area (Å²) < 4.78 is 2.81. The zero-order valence-corrected chi connectivity index (χ0v) is 16.7. The first kappa shape index (κ1) is 11.7. The summed E-state index contributed by atoms with van der Waals surface area (Å²) >= 11 is 9.69. The molecule has 0 nitrogen and oxygen atoms in total. The van der Waals surface area contributed by atoms with Gasteiger partial charge in [0.1, 0.15) is 0 Å². The second kappa shape index (κ2) is 5.47. The molecule has 0 N–H and O–H groups in total. The van der Waals surface area contributed by atoms with E-state index in [0.717, 1.165) is 0 Å². The molecule has 62 valence electrons. The first-order chi connectivity index (χ1) is 5.58. The van der Waals surface area contributed by atoms with Crippen LogP contribution in [0.15, 0.2) is 30.3 Å². The van der Waals surface area contributed by atoms with Crippen LogP contribution in [0.5, 0.6) is 0 Å². The molecule has 0 radical (unpaired) electrons. The number of hydrogen-bond donors (Lipinski definition) is 0. The minimum absolute atomic E-state index is 0.00953. The minimum atomic E-state index is -0.885. The van der Waals surface area contributed by atoms with Gasteiger partial charge < -0.3 is 0 Å². The first-order valence-corrected chi connectivity index (χ1v) is 12.7. The van der Waals surface area contributed by atoms with Crippen molar-refractivity contribution in [1.82, 2.24) is 0 Å². The second-order valence-corrected chi connectivity index (χ2v) is 16.9. The van der Waals surface area contributed by atoms with Crippen molar-refractivity contribution in [2.24, 2.45) is 0 Å². The Hall–Kier alpha value is 1.60. The van der Waals surface area contributed by atoms with Gasteiger partial charge in [-0.15, -0.1) is 0 Å². The van der Waals surface area contributed by atoms with Crippen molar-refractivity contribution in [3.63, 3.8) is 0 Å². The van der Waals surface area contributed by atoms with Crippen molar-refractivity contribution < 1.29 is 24.6 Å². The molecule has 12 heavy (non-hydrogen) atoms. The molecule has 0 aliphatic heterocycles. The van der Waals surface area contributed by atoms with Crippen molar-refractivity contribution in [2.75, 3.05) is 0 Å². The number of alkyl halides is 3. The number of halogens is 3. The fourth-order valence-corrected chi connectivity index (χ4v) is 10.7. The third kappa shape index (κ3) is 5.35. The van der Waals surface area contributed by atoms with Gasteiger partial charge in [0, 0.05) is 0 Å². The molecule has 0 amide bonds. The second-order valence-electron chi connectivity index (χ2n) is 2.60. The summed E-state index contributed by atoms with van der Waals surface area (Å²) in [6.45, 7) is 0. The average molecular weight is 543 g/mol. The summed E-state index contributed by atoms with van der Waals surface area (Å²) in [5, 5.41) is 0. The molecule has 0 fully saturated rings. The van der Waals surface area contributed by atoms with Crippen LogP contribution in [-0.2, 0) is 24.6 Å². The monoisotopic (exact) mass is 542 g/mol. The predicted molar refractivity (Wildman–Crippen MR) is 60.4 cm³/mol. The maximum atomic E-state index is 3.52. The summed E-state index contributed by atoms with van der Waals surface area (Å²) in [6.07, 6.45) is 0. The van der Waals surface area contributed by atoms with Crippen molar-refractivity contribution in [3.8, 4) is 0 Å². The fourth-order valence-electron chi connectivity index (χ4n) is 0.931. The summed E-state index contributed by atoms with van der Waals surface area (Å²) in [5.74, 6) is 0. The van der Waals surface area contributed by atoms with Gasteiger partial charge in [-0.2, -0.15) is 0 Å². The first-order valence-electron chi connectivity index (χ1n) is 3.68. The molecule has 0 spiro atoms. The molecular formula is C8H7Br3Hg. The van der Waals surface area contributed by atoms with Crippen LogP contribution in [-0.4, -0.2) is 2.14 Å². The Kier molecular flexibility index (Phi) is 5.32. The SMILES string of the molecule is BrC(Br)(Br)[CH2][Hg][c]1ccccc1. The van der Waals surface area contributed by atoms with Crippen molar-refractivity contribution >= 4 is 50.9 Å². The molecule has 0 atom stereocenters. The van der Waals surface area contributed by atoms with E-state index in [-0.39, 0.29) is 2.14 Å². The molecule has 4 heteroatoms. The summed E-state index contributed by atoms with van der Waals surface area (Å²) in [5.41, 5.74) is 0. The van der Waals surface area contributed by atoms with Gasteiger partial charge in [0.05, 0.1) is 0 Å². The van der Waals surface area contributed by atoms with E-state index in [0.29, 0.717) is 0 Å². The Bertz CT molecular complexity index is 230. The Morgan fingerprint density at radius 2 is 1.67 bits per heavy atom. The van der Waals surface area contributed by atoms with E-state index in [4.69, 9.17) is 0 Å². The third-order valence-electron chi connectivity index (χ3n) is 1.54. The van der Waals surface area contributed by atoms with Crippen LogP contribution in [0.3, 0.4) is 0 Å². The molecule has 0 unspecified atom stereocenters. The number of benzene rings is 1. The average Bonchev–Trinajstić information content (AvgIpc) is 2.02. The van der Waals surface area contributed by atoms with E-state index in [1.807, 2.05) is 0 Å². The van der Waals surface area contributed by atoms with Gasteiger partial charge >= 0.3 is 112 Å². The van der Waals surface area contributed by atoms with E-state index in [2.05, 4.69) is 78.1 Å². The molecule has 0 saturated heterocycles. The van der Waals surface area contributed by atoms with Crippen molar-refractivity contribution in [2.45, 2.75) is 6.07 Å². The van der Waals surface area contributed by atoms with Crippen LogP contribution in [0.25, 0.3) is 0 Å². The Morgan fingerprint density at radius 3 is 2.17 bits per heavy atom. The van der Waals surface area contributed by atoms with Crippen LogP contribution in [0.1, 0.15) is 0 Å². The molecule has 1 aromatic rings. The van der Waals surface area contributed by atoms with E-state index >= 15 is 0 Å². The molecule has 0 aliphatic carbocycles. The molecule has 1 aromatic carbocycles. The molecule has 0 bridgehead atoms. The third-order valence-corrected chi connectivity index (χ3v) is 19.2. The van der Waals surface area contributed by atoms with E-state index in [1.165, 1.54) is 3.93 Å². The van der Waals surface area contributed by atoms with E-state index in [9.17, 15) is 0 Å². The Balaban J connectivity index is 2.44. The van der Waals surface area contributed by atoms with Crippen LogP contribution in [0.2, 0.25) is 3.93 Å². The summed E-state index contributed by atoms with van der Waals surface area (Å²) in [6, 6.07) is 10.8. The maximum absolute atomic E-state index is 3.52. The summed E-state index contributed by atoms with van der Waals surface area (Å²) in [4.78, 5) is 0. The van der Waals surface area contributed by atoms with E-state index < -0.39 is 24.6 Å². The molecule has 0 aliphatic rings. The van der Waals surface area contributed by atoms with Gasteiger partial charge in [0.2, 0.25) is 0 Å². The predicted octanol–water partition coefficient (Wildman–Crippen LogP) is 3.65. The fraction of sp³-hybridized carbons (Fsp3) is 0.250. The summed E-state index contributed by atoms with van der Waals surface area (Å²) in [7, 11) is 0. The standard InChI is InChI=1S/C6H5.C2H2Br3.Hg/c1-2-4-6-5-3-1;1-2(3,4)5;/h1-5H;1H2;. The number of rotatable bonds is 2. The van der Waals surface area contributed by atoms with Crippen molar-refractivity contribution in [3.05, 3.63) is 30.3 Å². The van der Waals surface area contributed by atoms with Gasteiger partial charge in [0.15, 0.2) is 0 Å². The molecule has 0 saturated carbocycles. The quantitative estimate of drug-likeness (QED) is 0.395. The normalized spacial score (nSPS) is 10.9. The molecule has 0 heterocycles. The zero-order valence-electron chi connectivity index (χ0n) is 6.43. The molecular weight excluding hydrogens is 536 g/mol. The number of hydrogen-bond acceptors (Lipinski definition) is 0. The topological polar surface area (TPSA) is 0 Å². The van der Waals surface area contributed by atoms with Gasteiger partial charge in [-0.1, -0.05) is 0 Å². The Labute approximate surface area is 110 Å². The van der Waals surface area contributed by atoms with Crippen LogP contribution >= 0.6 is 47.8 Å². The van der Waals surface area contributed by atoms with Crippen molar-refractivity contribution in [1.29, 1.82) is 0 Å². The van der Waals surface area contributed by atoms with Crippen LogP contribution in [0.4, 0.5) is 0 Å². The van der Waals surface area contributed by atoms with Crippen LogP contribution < -0.4 is 3.07 Å². The zero-order chi connectivity index (χ0) is 9.03. The molecule has 1 rings (SSSR count). The van der Waals surface area contributed by atoms with Crippen LogP contribution in [0, 0.1) is 0 Å². The van der Waals surface area contributed by atoms with Gasteiger partial charge in [-0.05, 0) is 0 Å². The van der Waals surface area contributed by atoms with E-state index in [1.54, 1.807) is 3.07 Å².